The normalized spacial score (nSPS) is 28.1. The molecule has 1 aromatic heterocycles. The van der Waals surface area contributed by atoms with E-state index in [9.17, 15) is 5.11 Å². The van der Waals surface area contributed by atoms with Gasteiger partial charge in [-0.3, -0.25) is 0 Å². The number of hydrogen-bond donors (Lipinski definition) is 1. The lowest BCUT2D eigenvalue weighted by Gasteiger charge is -2.24. The molecule has 1 fully saturated rings. The largest absolute Gasteiger partial charge is 0.396 e. The van der Waals surface area contributed by atoms with Gasteiger partial charge in [0.2, 0.25) is 0 Å². The summed E-state index contributed by atoms with van der Waals surface area (Å²) in [5.74, 6) is 6.04. The highest BCUT2D eigenvalue weighted by Gasteiger charge is 2.24. The molecule has 2 atom stereocenters. The summed E-state index contributed by atoms with van der Waals surface area (Å²) in [5.41, 5.74) is 0. The molecule has 0 spiro atoms. The van der Waals surface area contributed by atoms with Crippen molar-refractivity contribution in [2.75, 3.05) is 18.1 Å². The van der Waals surface area contributed by atoms with Crippen molar-refractivity contribution in [3.05, 3.63) is 11.6 Å². The smallest absolute Gasteiger partial charge is 0.133 e. The summed E-state index contributed by atoms with van der Waals surface area (Å²) < 4.78 is 2.30. The number of hydrogen-bond acceptors (Lipinski definition) is 4. The van der Waals surface area contributed by atoms with Gasteiger partial charge in [0.25, 0.3) is 0 Å². The first kappa shape index (κ1) is 12.5. The Kier molecular flexibility index (Phi) is 3.89. The standard InChI is InChI=1S/C13H21N3OS/c17-8-10-3-4-16-12(6-10)14-15-13(16)7-11-2-1-5-18-9-11/h10-11,17H,1-9H2. The average Bonchev–Trinajstić information content (AvgIpc) is 2.82. The quantitative estimate of drug-likeness (QED) is 0.902. The Morgan fingerprint density at radius 1 is 1.28 bits per heavy atom. The molecule has 2 unspecified atom stereocenters. The maximum Gasteiger partial charge on any atom is 0.133 e. The predicted molar refractivity (Wildman–Crippen MR) is 72.7 cm³/mol. The van der Waals surface area contributed by atoms with E-state index in [2.05, 4.69) is 26.5 Å². The minimum atomic E-state index is 0.279. The van der Waals surface area contributed by atoms with Crippen molar-refractivity contribution in [2.45, 2.75) is 38.6 Å². The summed E-state index contributed by atoms with van der Waals surface area (Å²) in [6, 6.07) is 0. The van der Waals surface area contributed by atoms with Crippen molar-refractivity contribution in [2.24, 2.45) is 11.8 Å². The van der Waals surface area contributed by atoms with Crippen molar-refractivity contribution in [3.63, 3.8) is 0 Å². The molecule has 0 bridgehead atoms. The van der Waals surface area contributed by atoms with Crippen molar-refractivity contribution in [3.8, 4) is 0 Å². The van der Waals surface area contributed by atoms with Gasteiger partial charge in [-0.05, 0) is 42.6 Å². The van der Waals surface area contributed by atoms with E-state index in [-0.39, 0.29) is 6.61 Å². The van der Waals surface area contributed by atoms with Crippen LogP contribution in [0, 0.1) is 11.8 Å². The fourth-order valence-electron chi connectivity index (χ4n) is 2.99. The van der Waals surface area contributed by atoms with Crippen LogP contribution in [0.2, 0.25) is 0 Å². The Balaban J connectivity index is 1.68. The summed E-state index contributed by atoms with van der Waals surface area (Å²) in [5, 5.41) is 17.9. The molecule has 0 aliphatic carbocycles. The molecular weight excluding hydrogens is 246 g/mol. The van der Waals surface area contributed by atoms with Gasteiger partial charge in [0, 0.05) is 26.0 Å². The average molecular weight is 267 g/mol. The molecule has 1 aromatic rings. The lowest BCUT2D eigenvalue weighted by atomic mass is 9.97. The molecular formula is C13H21N3OS. The number of nitrogens with zero attached hydrogens (tertiary/aromatic N) is 3. The van der Waals surface area contributed by atoms with E-state index in [0.717, 1.165) is 37.5 Å². The number of aromatic nitrogens is 3. The van der Waals surface area contributed by atoms with E-state index < -0.39 is 0 Å². The van der Waals surface area contributed by atoms with Gasteiger partial charge in [-0.25, -0.2) is 0 Å². The Morgan fingerprint density at radius 3 is 3.00 bits per heavy atom. The van der Waals surface area contributed by atoms with E-state index >= 15 is 0 Å². The van der Waals surface area contributed by atoms with Crippen LogP contribution in [0.25, 0.3) is 0 Å². The van der Waals surface area contributed by atoms with Crippen LogP contribution in [-0.4, -0.2) is 38.0 Å². The molecule has 5 heteroatoms. The lowest BCUT2D eigenvalue weighted by molar-refractivity contribution is 0.198. The van der Waals surface area contributed by atoms with Crippen LogP contribution in [0.4, 0.5) is 0 Å². The highest BCUT2D eigenvalue weighted by molar-refractivity contribution is 7.99. The minimum Gasteiger partial charge on any atom is -0.396 e. The maximum atomic E-state index is 9.22. The van der Waals surface area contributed by atoms with Crippen molar-refractivity contribution in [1.82, 2.24) is 14.8 Å². The first-order valence-corrected chi connectivity index (χ1v) is 8.12. The summed E-state index contributed by atoms with van der Waals surface area (Å²) in [4.78, 5) is 0. The Bertz CT molecular complexity index is 401. The van der Waals surface area contributed by atoms with Gasteiger partial charge in [0.05, 0.1) is 0 Å². The van der Waals surface area contributed by atoms with E-state index in [1.54, 1.807) is 0 Å². The molecule has 100 valence electrons. The molecule has 0 saturated carbocycles. The fraction of sp³-hybridized carbons (Fsp3) is 0.846. The third-order valence-corrected chi connectivity index (χ3v) is 5.40. The Hall–Kier alpha value is -0.550. The van der Waals surface area contributed by atoms with Crippen molar-refractivity contribution >= 4 is 11.8 Å². The van der Waals surface area contributed by atoms with E-state index in [4.69, 9.17) is 0 Å². The Morgan fingerprint density at radius 2 is 2.22 bits per heavy atom. The fourth-order valence-corrected chi connectivity index (χ4v) is 4.14. The van der Waals surface area contributed by atoms with Crippen LogP contribution in [0.15, 0.2) is 0 Å². The van der Waals surface area contributed by atoms with Crippen LogP contribution >= 0.6 is 11.8 Å². The summed E-state index contributed by atoms with van der Waals surface area (Å²) >= 11 is 2.08. The van der Waals surface area contributed by atoms with Gasteiger partial charge in [0.1, 0.15) is 11.6 Å². The SMILES string of the molecule is OCC1CCn2c(nnc2CC2CCCSC2)C1. The van der Waals surface area contributed by atoms with Crippen LogP contribution in [0.3, 0.4) is 0 Å². The first-order chi connectivity index (χ1) is 8.86. The number of thioether (sulfide) groups is 1. The molecule has 0 radical (unpaired) electrons. The molecule has 1 N–H and O–H groups in total. The van der Waals surface area contributed by atoms with E-state index in [1.807, 2.05) is 0 Å². The predicted octanol–water partition coefficient (Wildman–Crippen LogP) is 1.52. The molecule has 4 nitrogen and oxygen atoms in total. The van der Waals surface area contributed by atoms with Crippen LogP contribution in [0.1, 0.15) is 30.9 Å². The van der Waals surface area contributed by atoms with Gasteiger partial charge in [-0.1, -0.05) is 0 Å². The van der Waals surface area contributed by atoms with Crippen LogP contribution < -0.4 is 0 Å². The maximum absolute atomic E-state index is 9.22. The van der Waals surface area contributed by atoms with E-state index in [1.165, 1.54) is 30.2 Å². The first-order valence-electron chi connectivity index (χ1n) is 6.96. The van der Waals surface area contributed by atoms with Crippen LogP contribution in [-0.2, 0) is 19.4 Å². The zero-order valence-electron chi connectivity index (χ0n) is 10.7. The molecule has 2 aliphatic rings. The van der Waals surface area contributed by atoms with Crippen LogP contribution in [0.5, 0.6) is 0 Å². The second-order valence-electron chi connectivity index (χ2n) is 5.51. The minimum absolute atomic E-state index is 0.279. The number of aliphatic hydroxyl groups is 1. The Labute approximate surface area is 112 Å². The summed E-state index contributed by atoms with van der Waals surface area (Å²) in [7, 11) is 0. The third-order valence-electron chi connectivity index (χ3n) is 4.12. The van der Waals surface area contributed by atoms with Gasteiger partial charge in [-0.2, -0.15) is 11.8 Å². The number of fused-ring (bicyclic) bond motifs is 1. The second-order valence-corrected chi connectivity index (χ2v) is 6.66. The zero-order chi connectivity index (χ0) is 12.4. The second kappa shape index (κ2) is 5.61. The highest BCUT2D eigenvalue weighted by Crippen LogP contribution is 2.27. The molecule has 0 aromatic carbocycles. The number of rotatable bonds is 3. The van der Waals surface area contributed by atoms with Gasteiger partial charge >= 0.3 is 0 Å². The van der Waals surface area contributed by atoms with Gasteiger partial charge in [0.15, 0.2) is 0 Å². The van der Waals surface area contributed by atoms with Gasteiger partial charge < -0.3 is 9.67 Å². The molecule has 3 rings (SSSR count). The van der Waals surface area contributed by atoms with Gasteiger partial charge in [-0.15, -0.1) is 10.2 Å². The summed E-state index contributed by atoms with van der Waals surface area (Å²) in [6.07, 6.45) is 5.73. The highest BCUT2D eigenvalue weighted by atomic mass is 32.2. The molecule has 18 heavy (non-hydrogen) atoms. The van der Waals surface area contributed by atoms with E-state index in [0.29, 0.717) is 5.92 Å². The monoisotopic (exact) mass is 267 g/mol. The molecule has 0 amide bonds. The topological polar surface area (TPSA) is 50.9 Å². The molecule has 3 heterocycles. The zero-order valence-corrected chi connectivity index (χ0v) is 11.5. The number of aliphatic hydroxyl groups excluding tert-OH is 1. The summed E-state index contributed by atoms with van der Waals surface area (Å²) in [6.45, 7) is 1.27. The van der Waals surface area contributed by atoms with Crippen molar-refractivity contribution in [1.29, 1.82) is 0 Å². The molecule has 1 saturated heterocycles. The van der Waals surface area contributed by atoms with Crippen molar-refractivity contribution < 1.29 is 5.11 Å². The lowest BCUT2D eigenvalue weighted by Crippen LogP contribution is -2.24. The molecule has 2 aliphatic heterocycles. The third kappa shape index (κ3) is 2.57.